The van der Waals surface area contributed by atoms with Gasteiger partial charge in [0.25, 0.3) is 0 Å². The number of benzene rings is 1. The van der Waals surface area contributed by atoms with Crippen LogP contribution in [-0.4, -0.2) is 83.9 Å². The fourth-order valence-corrected chi connectivity index (χ4v) is 4.89. The van der Waals surface area contributed by atoms with Gasteiger partial charge in [-0.3, -0.25) is 9.80 Å². The zero-order chi connectivity index (χ0) is 19.4. The average molecular weight is 388 g/mol. The molecule has 0 unspecified atom stereocenters. The standard InChI is InChI=1S/C23H37N3O2/c1-2-24-12-14-25(15-13-24)18-21(27)19-28-22-7-5-6-20(16-22)17-26-11-4-3-8-23(26)9-10-23/h5-7,16,21,27H,2-4,8-15,17-19H2,1H3/t21-/m1/s1. The summed E-state index contributed by atoms with van der Waals surface area (Å²) in [6.07, 6.45) is 6.42. The Balaban J connectivity index is 1.23. The number of rotatable bonds is 8. The normalized spacial score (nSPS) is 24.4. The Morgan fingerprint density at radius 3 is 2.57 bits per heavy atom. The summed E-state index contributed by atoms with van der Waals surface area (Å²) in [6, 6.07) is 8.47. The fourth-order valence-electron chi connectivity index (χ4n) is 4.89. The molecule has 0 amide bonds. The average Bonchev–Trinajstić information content (AvgIpc) is 3.49. The summed E-state index contributed by atoms with van der Waals surface area (Å²) in [5.74, 6) is 0.884. The minimum atomic E-state index is -0.436. The van der Waals surface area contributed by atoms with Crippen molar-refractivity contribution in [1.82, 2.24) is 14.7 Å². The highest BCUT2D eigenvalue weighted by atomic mass is 16.5. The molecule has 156 valence electrons. The van der Waals surface area contributed by atoms with E-state index in [1.54, 1.807) is 0 Å². The lowest BCUT2D eigenvalue weighted by molar-refractivity contribution is 0.0470. The molecule has 2 saturated heterocycles. The van der Waals surface area contributed by atoms with Gasteiger partial charge in [0.2, 0.25) is 0 Å². The molecule has 4 rings (SSSR count). The van der Waals surface area contributed by atoms with E-state index in [-0.39, 0.29) is 0 Å². The van der Waals surface area contributed by atoms with Gasteiger partial charge in [-0.15, -0.1) is 0 Å². The first kappa shape index (κ1) is 20.1. The van der Waals surface area contributed by atoms with Crippen LogP contribution >= 0.6 is 0 Å². The maximum atomic E-state index is 10.4. The number of piperazine rings is 1. The summed E-state index contributed by atoms with van der Waals surface area (Å²) in [6.45, 7) is 10.9. The van der Waals surface area contributed by atoms with E-state index in [1.807, 2.05) is 6.07 Å². The van der Waals surface area contributed by atoms with Crippen LogP contribution in [-0.2, 0) is 6.54 Å². The number of aliphatic hydroxyl groups is 1. The highest BCUT2D eigenvalue weighted by molar-refractivity contribution is 5.29. The van der Waals surface area contributed by atoms with Crippen molar-refractivity contribution in [3.63, 3.8) is 0 Å². The number of β-amino-alcohol motifs (C(OH)–C–C–N with tert-alkyl or cyclic N) is 1. The smallest absolute Gasteiger partial charge is 0.119 e. The number of likely N-dealkylation sites (N-methyl/N-ethyl adjacent to an activating group) is 1. The van der Waals surface area contributed by atoms with Crippen LogP contribution in [0.5, 0.6) is 5.75 Å². The molecule has 2 aliphatic heterocycles. The monoisotopic (exact) mass is 387 g/mol. The summed E-state index contributed by atoms with van der Waals surface area (Å²) < 4.78 is 5.94. The van der Waals surface area contributed by atoms with Crippen molar-refractivity contribution in [2.75, 3.05) is 52.4 Å². The van der Waals surface area contributed by atoms with Gasteiger partial charge in [-0.2, -0.15) is 0 Å². The number of aliphatic hydroxyl groups excluding tert-OH is 1. The van der Waals surface area contributed by atoms with E-state index in [1.165, 1.54) is 44.2 Å². The Bertz CT molecular complexity index is 626. The molecule has 0 bridgehead atoms. The number of piperidine rings is 1. The topological polar surface area (TPSA) is 39.2 Å². The quantitative estimate of drug-likeness (QED) is 0.742. The van der Waals surface area contributed by atoms with Crippen LogP contribution < -0.4 is 4.74 Å². The van der Waals surface area contributed by atoms with Crippen molar-refractivity contribution in [1.29, 1.82) is 0 Å². The lowest BCUT2D eigenvalue weighted by Crippen LogP contribution is -2.49. The molecule has 1 aromatic carbocycles. The predicted molar refractivity (Wildman–Crippen MR) is 113 cm³/mol. The fraction of sp³-hybridized carbons (Fsp3) is 0.739. The molecule has 5 heteroatoms. The van der Waals surface area contributed by atoms with Crippen LogP contribution in [0.1, 0.15) is 44.6 Å². The minimum absolute atomic E-state index is 0.366. The first-order chi connectivity index (χ1) is 13.7. The minimum Gasteiger partial charge on any atom is -0.491 e. The van der Waals surface area contributed by atoms with E-state index < -0.39 is 6.10 Å². The van der Waals surface area contributed by atoms with Crippen LogP contribution in [0.3, 0.4) is 0 Å². The summed E-state index contributed by atoms with van der Waals surface area (Å²) in [7, 11) is 0. The Labute approximate surface area is 170 Å². The summed E-state index contributed by atoms with van der Waals surface area (Å²) in [5.41, 5.74) is 1.85. The van der Waals surface area contributed by atoms with Gasteiger partial charge in [0.1, 0.15) is 18.5 Å². The van der Waals surface area contributed by atoms with Crippen molar-refractivity contribution >= 4 is 0 Å². The van der Waals surface area contributed by atoms with Crippen LogP contribution in [0, 0.1) is 0 Å². The highest BCUT2D eigenvalue weighted by Crippen LogP contribution is 2.48. The molecule has 5 nitrogen and oxygen atoms in total. The molecule has 1 atom stereocenters. The van der Waals surface area contributed by atoms with Crippen molar-refractivity contribution < 1.29 is 9.84 Å². The van der Waals surface area contributed by atoms with Crippen LogP contribution in [0.2, 0.25) is 0 Å². The summed E-state index contributed by atoms with van der Waals surface area (Å²) in [4.78, 5) is 7.50. The van der Waals surface area contributed by atoms with Gasteiger partial charge in [-0.1, -0.05) is 25.5 Å². The van der Waals surface area contributed by atoms with E-state index in [9.17, 15) is 5.11 Å². The molecular formula is C23H37N3O2. The summed E-state index contributed by atoms with van der Waals surface area (Å²) >= 11 is 0. The maximum Gasteiger partial charge on any atom is 0.119 e. The molecule has 3 aliphatic rings. The first-order valence-corrected chi connectivity index (χ1v) is 11.3. The second-order valence-electron chi connectivity index (χ2n) is 8.95. The lowest BCUT2D eigenvalue weighted by Gasteiger charge is -2.36. The maximum absolute atomic E-state index is 10.4. The zero-order valence-electron chi connectivity index (χ0n) is 17.5. The first-order valence-electron chi connectivity index (χ1n) is 11.3. The summed E-state index contributed by atoms with van der Waals surface area (Å²) in [5, 5.41) is 10.4. The van der Waals surface area contributed by atoms with Gasteiger partial charge >= 0.3 is 0 Å². The van der Waals surface area contributed by atoms with Crippen molar-refractivity contribution in [2.24, 2.45) is 0 Å². The van der Waals surface area contributed by atoms with Gasteiger partial charge in [0.05, 0.1) is 0 Å². The second kappa shape index (κ2) is 9.12. The van der Waals surface area contributed by atoms with Crippen LogP contribution in [0.15, 0.2) is 24.3 Å². The van der Waals surface area contributed by atoms with Gasteiger partial charge in [0, 0.05) is 44.8 Å². The molecule has 3 fully saturated rings. The van der Waals surface area contributed by atoms with Gasteiger partial charge < -0.3 is 14.7 Å². The molecular weight excluding hydrogens is 350 g/mol. The molecule has 1 saturated carbocycles. The van der Waals surface area contributed by atoms with Gasteiger partial charge in [0.15, 0.2) is 0 Å². The van der Waals surface area contributed by atoms with Crippen molar-refractivity contribution in [3.05, 3.63) is 29.8 Å². The molecule has 1 N–H and O–H groups in total. The number of ether oxygens (including phenoxy) is 1. The Morgan fingerprint density at radius 1 is 1.04 bits per heavy atom. The molecule has 1 aliphatic carbocycles. The number of hydrogen-bond donors (Lipinski definition) is 1. The van der Waals surface area contributed by atoms with Crippen LogP contribution in [0.25, 0.3) is 0 Å². The van der Waals surface area contributed by atoms with E-state index in [0.717, 1.165) is 45.0 Å². The third-order valence-electron chi connectivity index (χ3n) is 6.91. The third-order valence-corrected chi connectivity index (χ3v) is 6.91. The predicted octanol–water partition coefficient (Wildman–Crippen LogP) is 2.58. The number of hydrogen-bond acceptors (Lipinski definition) is 5. The number of likely N-dealkylation sites (tertiary alicyclic amines) is 1. The van der Waals surface area contributed by atoms with E-state index in [2.05, 4.69) is 39.8 Å². The largest absolute Gasteiger partial charge is 0.491 e. The lowest BCUT2D eigenvalue weighted by atomic mass is 9.99. The van der Waals surface area contributed by atoms with Gasteiger partial charge in [-0.25, -0.2) is 0 Å². The Kier molecular flexibility index (Phi) is 6.56. The Morgan fingerprint density at radius 2 is 1.82 bits per heavy atom. The van der Waals surface area contributed by atoms with E-state index in [4.69, 9.17) is 4.74 Å². The van der Waals surface area contributed by atoms with E-state index >= 15 is 0 Å². The van der Waals surface area contributed by atoms with Crippen LogP contribution in [0.4, 0.5) is 0 Å². The van der Waals surface area contributed by atoms with Crippen molar-refractivity contribution in [2.45, 2.75) is 57.2 Å². The molecule has 28 heavy (non-hydrogen) atoms. The zero-order valence-corrected chi connectivity index (χ0v) is 17.5. The SMILES string of the molecule is CCN1CCN(C[C@@H](O)COc2cccc(CN3CCCCC34CC4)c2)CC1. The van der Waals surface area contributed by atoms with Crippen molar-refractivity contribution in [3.8, 4) is 5.75 Å². The second-order valence-corrected chi connectivity index (χ2v) is 8.95. The molecule has 1 aromatic rings. The molecule has 2 heterocycles. The molecule has 1 spiro atoms. The van der Waals surface area contributed by atoms with E-state index in [0.29, 0.717) is 18.7 Å². The Hall–Kier alpha value is -1.14. The highest BCUT2D eigenvalue weighted by Gasteiger charge is 2.48. The molecule has 0 aromatic heterocycles. The number of nitrogens with zero attached hydrogens (tertiary/aromatic N) is 3. The third kappa shape index (κ3) is 5.07. The van der Waals surface area contributed by atoms with Gasteiger partial charge in [-0.05, 0) is 56.5 Å². The molecule has 0 radical (unpaired) electrons.